The number of aryl methyl sites for hydroxylation is 3. The number of anilines is 4. The van der Waals surface area contributed by atoms with Crippen LogP contribution in [0.1, 0.15) is 39.0 Å². The molecule has 0 bridgehead atoms. The number of aromatic hydroxyl groups is 1. The van der Waals surface area contributed by atoms with Crippen LogP contribution in [-0.4, -0.2) is 15.9 Å². The third-order valence-electron chi connectivity index (χ3n) is 6.44. The van der Waals surface area contributed by atoms with Gasteiger partial charge >= 0.3 is 0 Å². The molecule has 1 aromatic heterocycles. The standard InChI is InChI=1S/C29H25F2N3O2/c1-17-8-10-21(35)16-25(17)33-24-12-13-32-29-27(24)26(36)15-20-14-18(9-11-23(20)34-29)4-2-5-19-6-3-7-22(30)28(19)31/h3,6-14,16,35H,2,4-5,15H2,1H3,(H2,32,33,34). The molecular formula is C29H25F2N3O2. The molecule has 0 fully saturated rings. The summed E-state index contributed by atoms with van der Waals surface area (Å²) in [5.41, 5.74) is 5.74. The molecule has 0 radical (unpaired) electrons. The van der Waals surface area contributed by atoms with E-state index in [1.165, 1.54) is 6.07 Å². The number of Topliss-reactive ketones (excluding diaryl/α,β-unsaturated/α-hetero) is 1. The van der Waals surface area contributed by atoms with Crippen LogP contribution in [0.3, 0.4) is 0 Å². The molecule has 1 aliphatic heterocycles. The number of pyridine rings is 1. The van der Waals surface area contributed by atoms with Gasteiger partial charge in [-0.25, -0.2) is 13.8 Å². The van der Waals surface area contributed by atoms with Crippen LogP contribution < -0.4 is 10.6 Å². The molecule has 182 valence electrons. The summed E-state index contributed by atoms with van der Waals surface area (Å²) in [6, 6.07) is 16.9. The number of carbonyl (C=O) groups excluding carboxylic acids is 1. The van der Waals surface area contributed by atoms with Crippen molar-refractivity contribution in [3.63, 3.8) is 0 Å². The van der Waals surface area contributed by atoms with E-state index in [2.05, 4.69) is 15.6 Å². The van der Waals surface area contributed by atoms with Gasteiger partial charge in [-0.3, -0.25) is 4.79 Å². The number of rotatable bonds is 6. The minimum absolute atomic E-state index is 0.0800. The number of nitrogens with zero attached hydrogens (tertiary/aromatic N) is 1. The van der Waals surface area contributed by atoms with E-state index in [1.54, 1.807) is 36.5 Å². The summed E-state index contributed by atoms with van der Waals surface area (Å²) >= 11 is 0. The Morgan fingerprint density at radius 1 is 1.03 bits per heavy atom. The molecule has 0 atom stereocenters. The van der Waals surface area contributed by atoms with Gasteiger partial charge in [-0.2, -0.15) is 0 Å². The Kier molecular flexibility index (Phi) is 6.38. The highest BCUT2D eigenvalue weighted by molar-refractivity contribution is 6.09. The van der Waals surface area contributed by atoms with Gasteiger partial charge in [0.05, 0.1) is 11.3 Å². The van der Waals surface area contributed by atoms with Crippen LogP contribution in [-0.2, 0) is 19.3 Å². The van der Waals surface area contributed by atoms with E-state index in [9.17, 15) is 18.7 Å². The Morgan fingerprint density at radius 2 is 1.89 bits per heavy atom. The van der Waals surface area contributed by atoms with Crippen molar-refractivity contribution in [2.24, 2.45) is 0 Å². The molecule has 0 aliphatic carbocycles. The number of carbonyl (C=O) groups is 1. The highest BCUT2D eigenvalue weighted by Crippen LogP contribution is 2.35. The average molecular weight is 486 g/mol. The Hall–Kier alpha value is -4.26. The normalized spacial score (nSPS) is 12.4. The number of benzene rings is 3. The number of hydrogen-bond donors (Lipinski definition) is 3. The summed E-state index contributed by atoms with van der Waals surface area (Å²) in [6.45, 7) is 1.92. The van der Waals surface area contributed by atoms with Crippen molar-refractivity contribution in [2.45, 2.75) is 32.6 Å². The van der Waals surface area contributed by atoms with Crippen LogP contribution in [0.2, 0.25) is 0 Å². The molecule has 3 aromatic carbocycles. The number of phenols is 1. The Bertz CT molecular complexity index is 1470. The zero-order chi connectivity index (χ0) is 25.2. The van der Waals surface area contributed by atoms with Gasteiger partial charge in [0.2, 0.25) is 0 Å². The number of fused-ring (bicyclic) bond motifs is 2. The molecule has 0 unspecified atom stereocenters. The quantitative estimate of drug-likeness (QED) is 0.281. The minimum atomic E-state index is -0.830. The van der Waals surface area contributed by atoms with E-state index in [0.717, 1.165) is 28.4 Å². The van der Waals surface area contributed by atoms with Gasteiger partial charge in [0.25, 0.3) is 0 Å². The summed E-state index contributed by atoms with van der Waals surface area (Å²) in [5.74, 6) is -1.10. The van der Waals surface area contributed by atoms with Gasteiger partial charge in [-0.1, -0.05) is 30.3 Å². The van der Waals surface area contributed by atoms with E-state index in [-0.39, 0.29) is 18.0 Å². The number of hydrogen-bond acceptors (Lipinski definition) is 5. The molecule has 0 amide bonds. The second kappa shape index (κ2) is 9.77. The molecular weight excluding hydrogens is 460 g/mol. The van der Waals surface area contributed by atoms with Gasteiger partial charge in [0, 0.05) is 30.1 Å². The maximum absolute atomic E-state index is 13.9. The van der Waals surface area contributed by atoms with Gasteiger partial charge in [0.15, 0.2) is 17.4 Å². The van der Waals surface area contributed by atoms with Crippen molar-refractivity contribution in [1.82, 2.24) is 4.98 Å². The lowest BCUT2D eigenvalue weighted by Gasteiger charge is -2.15. The molecule has 4 aromatic rings. The first kappa shape index (κ1) is 23.5. The molecule has 36 heavy (non-hydrogen) atoms. The maximum Gasteiger partial charge on any atom is 0.173 e. The average Bonchev–Trinajstić information content (AvgIpc) is 3.00. The maximum atomic E-state index is 13.9. The highest BCUT2D eigenvalue weighted by Gasteiger charge is 2.24. The number of nitrogens with one attached hydrogen (secondary N) is 2. The molecule has 0 saturated heterocycles. The largest absolute Gasteiger partial charge is 0.508 e. The van der Waals surface area contributed by atoms with E-state index in [4.69, 9.17) is 0 Å². The molecule has 1 aliphatic rings. The molecule has 5 nitrogen and oxygen atoms in total. The van der Waals surface area contributed by atoms with Gasteiger partial charge in [-0.15, -0.1) is 0 Å². The van der Waals surface area contributed by atoms with Gasteiger partial charge < -0.3 is 15.7 Å². The zero-order valence-corrected chi connectivity index (χ0v) is 19.7. The van der Waals surface area contributed by atoms with Gasteiger partial charge in [-0.05, 0) is 72.7 Å². The minimum Gasteiger partial charge on any atom is -0.508 e. The second-order valence-corrected chi connectivity index (χ2v) is 8.99. The van der Waals surface area contributed by atoms with E-state index in [1.807, 2.05) is 25.1 Å². The van der Waals surface area contributed by atoms with Crippen LogP contribution in [0.4, 0.5) is 31.7 Å². The number of phenolic OH excluding ortho intramolecular Hbond substituents is 1. The molecule has 0 saturated carbocycles. The first-order valence-electron chi connectivity index (χ1n) is 11.8. The van der Waals surface area contributed by atoms with Crippen LogP contribution in [0.25, 0.3) is 0 Å². The molecule has 0 spiro atoms. The van der Waals surface area contributed by atoms with Gasteiger partial charge in [0.1, 0.15) is 11.6 Å². The van der Waals surface area contributed by atoms with Crippen molar-refractivity contribution in [3.8, 4) is 5.75 Å². The predicted octanol–water partition coefficient (Wildman–Crippen LogP) is 6.78. The molecule has 2 heterocycles. The lowest BCUT2D eigenvalue weighted by molar-refractivity contribution is 0.0995. The molecule has 5 rings (SSSR count). The summed E-state index contributed by atoms with van der Waals surface area (Å²) in [7, 11) is 0. The first-order chi connectivity index (χ1) is 17.4. The fourth-order valence-corrected chi connectivity index (χ4v) is 4.52. The SMILES string of the molecule is Cc1ccc(O)cc1Nc1ccnc2c1C(=O)Cc1cc(CCCc3cccc(F)c3F)ccc1N2. The monoisotopic (exact) mass is 485 g/mol. The third-order valence-corrected chi connectivity index (χ3v) is 6.44. The second-order valence-electron chi connectivity index (χ2n) is 8.99. The highest BCUT2D eigenvalue weighted by atomic mass is 19.2. The third kappa shape index (κ3) is 4.77. The lowest BCUT2D eigenvalue weighted by Crippen LogP contribution is -2.08. The fraction of sp³-hybridized carbons (Fsp3) is 0.172. The summed E-state index contributed by atoms with van der Waals surface area (Å²) in [6.07, 6.45) is 3.58. The van der Waals surface area contributed by atoms with Crippen molar-refractivity contribution in [1.29, 1.82) is 0 Å². The summed E-state index contributed by atoms with van der Waals surface area (Å²) in [5, 5.41) is 16.4. The number of halogens is 2. The fourth-order valence-electron chi connectivity index (χ4n) is 4.52. The Labute approximate surface area is 207 Å². The number of aromatic nitrogens is 1. The summed E-state index contributed by atoms with van der Waals surface area (Å²) in [4.78, 5) is 17.8. The Balaban J connectivity index is 1.35. The van der Waals surface area contributed by atoms with Crippen molar-refractivity contribution >= 4 is 28.7 Å². The van der Waals surface area contributed by atoms with E-state index >= 15 is 0 Å². The van der Waals surface area contributed by atoms with E-state index in [0.29, 0.717) is 47.6 Å². The lowest BCUT2D eigenvalue weighted by atomic mass is 9.98. The van der Waals surface area contributed by atoms with Crippen LogP contribution in [0, 0.1) is 18.6 Å². The van der Waals surface area contributed by atoms with Crippen molar-refractivity contribution in [2.75, 3.05) is 10.6 Å². The van der Waals surface area contributed by atoms with Crippen molar-refractivity contribution < 1.29 is 18.7 Å². The molecule has 7 heteroatoms. The van der Waals surface area contributed by atoms with Crippen LogP contribution in [0.5, 0.6) is 5.75 Å². The topological polar surface area (TPSA) is 74.2 Å². The smallest absolute Gasteiger partial charge is 0.173 e. The zero-order valence-electron chi connectivity index (χ0n) is 19.7. The molecule has 3 N–H and O–H groups in total. The van der Waals surface area contributed by atoms with E-state index < -0.39 is 11.6 Å². The Morgan fingerprint density at radius 3 is 2.75 bits per heavy atom. The van der Waals surface area contributed by atoms with Crippen LogP contribution in [0.15, 0.2) is 66.9 Å². The van der Waals surface area contributed by atoms with Crippen molar-refractivity contribution in [3.05, 3.63) is 106 Å². The predicted molar refractivity (Wildman–Crippen MR) is 137 cm³/mol. The first-order valence-corrected chi connectivity index (χ1v) is 11.8. The van der Waals surface area contributed by atoms with Crippen LogP contribution >= 0.6 is 0 Å². The number of ketones is 1. The summed E-state index contributed by atoms with van der Waals surface area (Å²) < 4.78 is 27.4.